The number of carbonyl (C=O) groups is 1. The van der Waals surface area contributed by atoms with Gasteiger partial charge in [-0.15, -0.1) is 0 Å². The summed E-state index contributed by atoms with van der Waals surface area (Å²) in [7, 11) is 0. The van der Waals surface area contributed by atoms with Crippen LogP contribution in [0.2, 0.25) is 5.02 Å². The van der Waals surface area contributed by atoms with Gasteiger partial charge in [0.25, 0.3) is 5.91 Å². The first-order chi connectivity index (χ1) is 9.65. The monoisotopic (exact) mass is 308 g/mol. The zero-order chi connectivity index (χ0) is 14.4. The van der Waals surface area contributed by atoms with Crippen molar-refractivity contribution in [2.45, 2.75) is 6.92 Å². The number of nitrogens with zero attached hydrogens (tertiary/aromatic N) is 1. The number of amides is 1. The van der Waals surface area contributed by atoms with Crippen LogP contribution in [-0.4, -0.2) is 18.7 Å². The van der Waals surface area contributed by atoms with Gasteiger partial charge in [0, 0.05) is 10.6 Å². The highest BCUT2D eigenvalue weighted by molar-refractivity contribution is 7.08. The van der Waals surface area contributed by atoms with E-state index in [4.69, 9.17) is 16.3 Å². The molecule has 0 unspecified atom stereocenters. The summed E-state index contributed by atoms with van der Waals surface area (Å²) in [5, 5.41) is 8.38. The summed E-state index contributed by atoms with van der Waals surface area (Å²) in [6, 6.07) is 7.15. The first-order valence-corrected chi connectivity index (χ1v) is 7.20. The van der Waals surface area contributed by atoms with Gasteiger partial charge >= 0.3 is 0 Å². The maximum absolute atomic E-state index is 11.5. The second-order valence-electron chi connectivity index (χ2n) is 4.05. The highest BCUT2D eigenvalue weighted by Crippen LogP contribution is 2.20. The SMILES string of the molecule is Cc1cc(OCC(=O)N/N=C/c2ccsc2)ccc1Cl. The first kappa shape index (κ1) is 14.6. The molecule has 0 radical (unpaired) electrons. The van der Waals surface area contributed by atoms with Crippen molar-refractivity contribution in [3.05, 3.63) is 51.2 Å². The summed E-state index contributed by atoms with van der Waals surface area (Å²) in [6.07, 6.45) is 1.58. The Hall–Kier alpha value is -1.85. The lowest BCUT2D eigenvalue weighted by Gasteiger charge is -2.06. The van der Waals surface area contributed by atoms with Gasteiger partial charge < -0.3 is 4.74 Å². The van der Waals surface area contributed by atoms with E-state index in [2.05, 4.69) is 10.5 Å². The Labute approximate surface area is 126 Å². The molecule has 0 saturated carbocycles. The minimum Gasteiger partial charge on any atom is -0.484 e. The number of carbonyl (C=O) groups excluding carboxylic acids is 1. The molecule has 0 spiro atoms. The van der Waals surface area contributed by atoms with Crippen LogP contribution < -0.4 is 10.2 Å². The maximum Gasteiger partial charge on any atom is 0.277 e. The Kier molecular flexibility index (Phi) is 5.15. The van der Waals surface area contributed by atoms with Crippen LogP contribution in [0.15, 0.2) is 40.1 Å². The van der Waals surface area contributed by atoms with Crippen molar-refractivity contribution >= 4 is 35.1 Å². The fourth-order valence-electron chi connectivity index (χ4n) is 1.42. The van der Waals surface area contributed by atoms with E-state index in [-0.39, 0.29) is 12.5 Å². The highest BCUT2D eigenvalue weighted by atomic mass is 35.5. The number of aryl methyl sites for hydroxylation is 1. The summed E-state index contributed by atoms with van der Waals surface area (Å²) in [5.41, 5.74) is 4.25. The van der Waals surface area contributed by atoms with Crippen molar-refractivity contribution in [1.82, 2.24) is 5.43 Å². The Morgan fingerprint density at radius 2 is 2.35 bits per heavy atom. The van der Waals surface area contributed by atoms with E-state index in [1.54, 1.807) is 35.8 Å². The average molecular weight is 309 g/mol. The van der Waals surface area contributed by atoms with Crippen molar-refractivity contribution in [3.63, 3.8) is 0 Å². The summed E-state index contributed by atoms with van der Waals surface area (Å²) in [4.78, 5) is 11.5. The number of hydrazone groups is 1. The predicted octanol–water partition coefficient (Wildman–Crippen LogP) is 3.24. The Bertz CT molecular complexity index is 612. The van der Waals surface area contributed by atoms with Gasteiger partial charge in [0.1, 0.15) is 5.75 Å². The topological polar surface area (TPSA) is 50.7 Å². The Balaban J connectivity index is 1.78. The lowest BCUT2D eigenvalue weighted by atomic mass is 10.2. The van der Waals surface area contributed by atoms with Crippen molar-refractivity contribution in [2.24, 2.45) is 5.10 Å². The number of benzene rings is 1. The molecule has 1 heterocycles. The van der Waals surface area contributed by atoms with Gasteiger partial charge in [0.05, 0.1) is 6.21 Å². The van der Waals surface area contributed by atoms with Crippen LogP contribution in [0.25, 0.3) is 0 Å². The predicted molar refractivity (Wildman–Crippen MR) is 81.7 cm³/mol. The largest absolute Gasteiger partial charge is 0.484 e. The summed E-state index contributed by atoms with van der Waals surface area (Å²) in [6.45, 7) is 1.78. The lowest BCUT2D eigenvalue weighted by molar-refractivity contribution is -0.123. The second kappa shape index (κ2) is 7.07. The van der Waals surface area contributed by atoms with Crippen molar-refractivity contribution < 1.29 is 9.53 Å². The molecule has 0 saturated heterocycles. The summed E-state index contributed by atoms with van der Waals surface area (Å²) < 4.78 is 5.35. The molecule has 0 atom stereocenters. The molecule has 104 valence electrons. The number of halogens is 1. The fraction of sp³-hybridized carbons (Fsp3) is 0.143. The molecule has 1 aromatic carbocycles. The van der Waals surface area contributed by atoms with Crippen LogP contribution in [0.5, 0.6) is 5.75 Å². The molecule has 0 aliphatic heterocycles. The zero-order valence-electron chi connectivity index (χ0n) is 10.8. The molecule has 4 nitrogen and oxygen atoms in total. The molecule has 1 amide bonds. The highest BCUT2D eigenvalue weighted by Gasteiger charge is 2.03. The lowest BCUT2D eigenvalue weighted by Crippen LogP contribution is -2.24. The molecule has 2 aromatic rings. The quantitative estimate of drug-likeness (QED) is 0.681. The van der Waals surface area contributed by atoms with Crippen LogP contribution in [0.1, 0.15) is 11.1 Å². The van der Waals surface area contributed by atoms with Gasteiger partial charge in [-0.05, 0) is 47.5 Å². The number of thiophene rings is 1. The van der Waals surface area contributed by atoms with Gasteiger partial charge in [-0.2, -0.15) is 16.4 Å². The molecule has 0 bridgehead atoms. The van der Waals surface area contributed by atoms with Crippen LogP contribution >= 0.6 is 22.9 Å². The fourth-order valence-corrected chi connectivity index (χ4v) is 2.14. The summed E-state index contributed by atoms with van der Waals surface area (Å²) in [5.74, 6) is 0.285. The third-order valence-electron chi connectivity index (χ3n) is 2.45. The molecule has 2 rings (SSSR count). The number of hydrogen-bond acceptors (Lipinski definition) is 4. The molecular weight excluding hydrogens is 296 g/mol. The van der Waals surface area contributed by atoms with E-state index in [0.29, 0.717) is 10.8 Å². The second-order valence-corrected chi connectivity index (χ2v) is 5.24. The molecular formula is C14H13ClN2O2S. The third kappa shape index (κ3) is 4.36. The van der Waals surface area contributed by atoms with E-state index in [0.717, 1.165) is 11.1 Å². The minimum atomic E-state index is -0.316. The van der Waals surface area contributed by atoms with Crippen molar-refractivity contribution in [3.8, 4) is 5.75 Å². The van der Waals surface area contributed by atoms with E-state index in [1.807, 2.05) is 23.8 Å². The zero-order valence-corrected chi connectivity index (χ0v) is 12.4. The van der Waals surface area contributed by atoms with E-state index in [1.165, 1.54) is 0 Å². The van der Waals surface area contributed by atoms with Crippen LogP contribution in [0.3, 0.4) is 0 Å². The molecule has 1 aromatic heterocycles. The number of hydrogen-bond donors (Lipinski definition) is 1. The van der Waals surface area contributed by atoms with Gasteiger partial charge in [-0.25, -0.2) is 5.43 Å². The molecule has 6 heteroatoms. The van der Waals surface area contributed by atoms with Gasteiger partial charge in [0.15, 0.2) is 6.61 Å². The van der Waals surface area contributed by atoms with Crippen LogP contribution in [0.4, 0.5) is 0 Å². The molecule has 0 aliphatic rings. The van der Waals surface area contributed by atoms with Crippen LogP contribution in [-0.2, 0) is 4.79 Å². The van der Waals surface area contributed by atoms with E-state index < -0.39 is 0 Å². The Morgan fingerprint density at radius 1 is 1.50 bits per heavy atom. The molecule has 0 fully saturated rings. The smallest absolute Gasteiger partial charge is 0.277 e. The summed E-state index contributed by atoms with van der Waals surface area (Å²) >= 11 is 7.48. The normalized spacial score (nSPS) is 10.7. The average Bonchev–Trinajstić information content (AvgIpc) is 2.93. The number of rotatable bonds is 5. The first-order valence-electron chi connectivity index (χ1n) is 5.88. The van der Waals surface area contributed by atoms with E-state index >= 15 is 0 Å². The van der Waals surface area contributed by atoms with Crippen LogP contribution in [0, 0.1) is 6.92 Å². The number of ether oxygens (including phenoxy) is 1. The molecule has 20 heavy (non-hydrogen) atoms. The Morgan fingerprint density at radius 3 is 3.05 bits per heavy atom. The number of nitrogens with one attached hydrogen (secondary N) is 1. The molecule has 0 aliphatic carbocycles. The van der Waals surface area contributed by atoms with E-state index in [9.17, 15) is 4.79 Å². The minimum absolute atomic E-state index is 0.0952. The molecule has 1 N–H and O–H groups in total. The van der Waals surface area contributed by atoms with Gasteiger partial charge in [0.2, 0.25) is 0 Å². The van der Waals surface area contributed by atoms with Gasteiger partial charge in [-0.3, -0.25) is 4.79 Å². The maximum atomic E-state index is 11.5. The van der Waals surface area contributed by atoms with Crippen molar-refractivity contribution in [2.75, 3.05) is 6.61 Å². The van der Waals surface area contributed by atoms with Crippen molar-refractivity contribution in [1.29, 1.82) is 0 Å². The third-order valence-corrected chi connectivity index (χ3v) is 3.57. The standard InChI is InChI=1S/C14H13ClN2O2S/c1-10-6-12(2-3-13(10)15)19-8-14(18)17-16-7-11-4-5-20-9-11/h2-7,9H,8H2,1H3,(H,17,18)/b16-7+. The van der Waals surface area contributed by atoms with Gasteiger partial charge in [-0.1, -0.05) is 11.6 Å².